The average Bonchev–Trinajstić information content (AvgIpc) is 3.04. The third-order valence-electron chi connectivity index (χ3n) is 5.35. The van der Waals surface area contributed by atoms with E-state index in [1.807, 2.05) is 18.2 Å². The van der Waals surface area contributed by atoms with Crippen molar-refractivity contribution in [1.82, 2.24) is 14.2 Å². The maximum atomic E-state index is 13.2. The van der Waals surface area contributed by atoms with Gasteiger partial charge in [0.25, 0.3) is 0 Å². The summed E-state index contributed by atoms with van der Waals surface area (Å²) in [5.41, 5.74) is 0.616. The Morgan fingerprint density at radius 1 is 1.18 bits per heavy atom. The van der Waals surface area contributed by atoms with Crippen LogP contribution in [0.1, 0.15) is 12.0 Å². The van der Waals surface area contributed by atoms with Crippen molar-refractivity contribution in [3.63, 3.8) is 0 Å². The Balaban J connectivity index is 1.62. The largest absolute Gasteiger partial charge is 0.483 e. The van der Waals surface area contributed by atoms with E-state index in [9.17, 15) is 8.42 Å². The summed E-state index contributed by atoms with van der Waals surface area (Å²) in [6.07, 6.45) is 4.35. The van der Waals surface area contributed by atoms with E-state index in [1.54, 1.807) is 37.7 Å². The molecule has 1 aromatic heterocycles. The molecular formula is C20H25N3O4S. The summed E-state index contributed by atoms with van der Waals surface area (Å²) in [6, 6.07) is 10.9. The van der Waals surface area contributed by atoms with Crippen molar-refractivity contribution in [2.45, 2.75) is 23.5 Å². The summed E-state index contributed by atoms with van der Waals surface area (Å²) in [6.45, 7) is 3.28. The summed E-state index contributed by atoms with van der Waals surface area (Å²) in [5.74, 6) is 0.438. The molecule has 1 saturated heterocycles. The lowest BCUT2D eigenvalue weighted by Gasteiger charge is -2.32. The molecule has 0 aliphatic carbocycles. The van der Waals surface area contributed by atoms with Gasteiger partial charge in [-0.3, -0.25) is 9.88 Å². The molecule has 8 heteroatoms. The maximum absolute atomic E-state index is 13.2. The van der Waals surface area contributed by atoms with Crippen molar-refractivity contribution in [2.75, 3.05) is 39.9 Å². The molecule has 0 amide bonds. The highest BCUT2D eigenvalue weighted by Crippen LogP contribution is 2.38. The zero-order valence-corrected chi connectivity index (χ0v) is 16.8. The fourth-order valence-corrected chi connectivity index (χ4v) is 5.58. The van der Waals surface area contributed by atoms with E-state index < -0.39 is 15.6 Å². The summed E-state index contributed by atoms with van der Waals surface area (Å²) in [5, 5.41) is 0. The molecule has 1 unspecified atom stereocenters. The second-order valence-electron chi connectivity index (χ2n) is 7.38. The van der Waals surface area contributed by atoms with Crippen LogP contribution in [0.2, 0.25) is 0 Å². The third-order valence-corrected chi connectivity index (χ3v) is 7.24. The number of nitrogens with zero attached hydrogens (tertiary/aromatic N) is 3. The zero-order valence-electron chi connectivity index (χ0n) is 16.0. The summed E-state index contributed by atoms with van der Waals surface area (Å²) < 4.78 is 39.5. The Bertz CT molecular complexity index is 922. The number of hydrogen-bond acceptors (Lipinski definition) is 6. The molecule has 2 aromatic rings. The second-order valence-corrected chi connectivity index (χ2v) is 9.29. The first kappa shape index (κ1) is 19.3. The number of para-hydroxylation sites is 1. The molecule has 28 heavy (non-hydrogen) atoms. The first-order valence-corrected chi connectivity index (χ1v) is 10.8. The molecule has 0 bridgehead atoms. The van der Waals surface area contributed by atoms with Crippen LogP contribution < -0.4 is 4.74 Å². The van der Waals surface area contributed by atoms with E-state index >= 15 is 0 Å². The molecule has 1 fully saturated rings. The van der Waals surface area contributed by atoms with E-state index in [4.69, 9.17) is 9.47 Å². The van der Waals surface area contributed by atoms with Gasteiger partial charge in [-0.2, -0.15) is 4.31 Å². The van der Waals surface area contributed by atoms with Crippen LogP contribution >= 0.6 is 0 Å². The number of hydrogen-bond donors (Lipinski definition) is 0. The van der Waals surface area contributed by atoms with Gasteiger partial charge in [-0.25, -0.2) is 8.42 Å². The van der Waals surface area contributed by atoms with Gasteiger partial charge in [0.05, 0.1) is 13.2 Å². The predicted octanol–water partition coefficient (Wildman–Crippen LogP) is 1.76. The van der Waals surface area contributed by atoms with Crippen LogP contribution in [0.4, 0.5) is 0 Å². The minimum absolute atomic E-state index is 0.232. The van der Waals surface area contributed by atoms with Crippen LogP contribution in [-0.2, 0) is 21.3 Å². The average molecular weight is 404 g/mol. The lowest BCUT2D eigenvalue weighted by Crippen LogP contribution is -2.49. The highest BCUT2D eigenvalue weighted by Gasteiger charge is 2.47. The van der Waals surface area contributed by atoms with E-state index in [0.29, 0.717) is 32.0 Å². The zero-order chi connectivity index (χ0) is 19.6. The minimum Gasteiger partial charge on any atom is -0.483 e. The van der Waals surface area contributed by atoms with Gasteiger partial charge in [0.1, 0.15) is 16.2 Å². The number of rotatable bonds is 5. The van der Waals surface area contributed by atoms with Gasteiger partial charge in [-0.1, -0.05) is 12.1 Å². The number of aromatic nitrogens is 1. The van der Waals surface area contributed by atoms with Crippen molar-refractivity contribution in [3.05, 3.63) is 54.4 Å². The summed E-state index contributed by atoms with van der Waals surface area (Å²) >= 11 is 0. The number of methoxy groups -OCH3 is 1. The van der Waals surface area contributed by atoms with Gasteiger partial charge >= 0.3 is 0 Å². The molecule has 0 N–H and O–H groups in total. The van der Waals surface area contributed by atoms with Crippen molar-refractivity contribution in [2.24, 2.45) is 0 Å². The van der Waals surface area contributed by atoms with E-state index in [-0.39, 0.29) is 4.90 Å². The van der Waals surface area contributed by atoms with Crippen molar-refractivity contribution in [1.29, 1.82) is 0 Å². The SMILES string of the molecule is COCCN1CC2(CCN(Cc3ccncc3)C2)Oc2ccccc2S1(=O)=O. The smallest absolute Gasteiger partial charge is 0.246 e. The van der Waals surface area contributed by atoms with Crippen LogP contribution in [0.15, 0.2) is 53.7 Å². The predicted molar refractivity (Wildman–Crippen MR) is 105 cm³/mol. The Labute approximate surface area is 165 Å². The molecule has 2 aliphatic rings. The topological polar surface area (TPSA) is 72.0 Å². The molecule has 0 saturated carbocycles. The van der Waals surface area contributed by atoms with Crippen molar-refractivity contribution < 1.29 is 17.9 Å². The van der Waals surface area contributed by atoms with Gasteiger partial charge in [0, 0.05) is 52.1 Å². The Morgan fingerprint density at radius 2 is 1.96 bits per heavy atom. The van der Waals surface area contributed by atoms with E-state index in [1.165, 1.54) is 9.87 Å². The van der Waals surface area contributed by atoms with Gasteiger partial charge in [-0.05, 0) is 29.8 Å². The number of benzene rings is 1. The van der Waals surface area contributed by atoms with Crippen LogP contribution in [0.3, 0.4) is 0 Å². The molecule has 0 radical (unpaired) electrons. The van der Waals surface area contributed by atoms with E-state index in [2.05, 4.69) is 9.88 Å². The number of pyridine rings is 1. The monoisotopic (exact) mass is 403 g/mol. The lowest BCUT2D eigenvalue weighted by molar-refractivity contribution is 0.0533. The number of fused-ring (bicyclic) bond motifs is 1. The van der Waals surface area contributed by atoms with Crippen LogP contribution in [0.25, 0.3) is 0 Å². The van der Waals surface area contributed by atoms with Gasteiger partial charge in [0.15, 0.2) is 0 Å². The molecule has 3 heterocycles. The fourth-order valence-electron chi connectivity index (χ4n) is 3.97. The molecule has 2 aliphatic heterocycles. The Kier molecular flexibility index (Phi) is 5.37. The number of sulfonamides is 1. The lowest BCUT2D eigenvalue weighted by atomic mass is 10.0. The minimum atomic E-state index is -3.63. The van der Waals surface area contributed by atoms with Crippen LogP contribution in [0, 0.1) is 0 Å². The summed E-state index contributed by atoms with van der Waals surface area (Å²) in [7, 11) is -2.05. The van der Waals surface area contributed by atoms with Crippen molar-refractivity contribution in [3.8, 4) is 5.75 Å². The maximum Gasteiger partial charge on any atom is 0.246 e. The molecule has 4 rings (SSSR count). The second kappa shape index (κ2) is 7.79. The molecule has 1 spiro atoms. The van der Waals surface area contributed by atoms with Gasteiger partial charge in [-0.15, -0.1) is 0 Å². The molecule has 7 nitrogen and oxygen atoms in total. The van der Waals surface area contributed by atoms with Gasteiger partial charge in [0.2, 0.25) is 10.0 Å². The molecular weight excluding hydrogens is 378 g/mol. The molecule has 1 aromatic carbocycles. The number of likely N-dealkylation sites (tertiary alicyclic amines) is 1. The third kappa shape index (κ3) is 3.77. The summed E-state index contributed by atoms with van der Waals surface area (Å²) in [4.78, 5) is 6.61. The highest BCUT2D eigenvalue weighted by atomic mass is 32.2. The first-order valence-electron chi connectivity index (χ1n) is 9.41. The normalized spacial score (nSPS) is 24.6. The molecule has 150 valence electrons. The van der Waals surface area contributed by atoms with Crippen molar-refractivity contribution >= 4 is 10.0 Å². The quantitative estimate of drug-likeness (QED) is 0.758. The Hall–Kier alpha value is -2.00. The van der Waals surface area contributed by atoms with Crippen LogP contribution in [0.5, 0.6) is 5.75 Å². The number of ether oxygens (including phenoxy) is 2. The first-order chi connectivity index (χ1) is 13.5. The Morgan fingerprint density at radius 3 is 2.75 bits per heavy atom. The standard InChI is InChI=1S/C20H25N3O4S/c1-26-13-12-23-16-20(27-18-4-2-3-5-19(18)28(23,24)25)8-11-22(15-20)14-17-6-9-21-10-7-17/h2-7,9-10H,8,11-16H2,1H3. The van der Waals surface area contributed by atoms with E-state index in [0.717, 1.165) is 19.5 Å². The highest BCUT2D eigenvalue weighted by molar-refractivity contribution is 7.89. The van der Waals surface area contributed by atoms with Gasteiger partial charge < -0.3 is 9.47 Å². The molecule has 1 atom stereocenters. The fraction of sp³-hybridized carbons (Fsp3) is 0.450. The van der Waals surface area contributed by atoms with Crippen LogP contribution in [-0.4, -0.2) is 68.1 Å².